The third kappa shape index (κ3) is 12.7. The van der Waals surface area contributed by atoms with E-state index in [9.17, 15) is 9.59 Å². The first kappa shape index (κ1) is 30.1. The van der Waals surface area contributed by atoms with Crippen molar-refractivity contribution < 1.29 is 24.2 Å². The molecule has 0 aliphatic rings. The Kier molecular flexibility index (Phi) is 12.6. The van der Waals surface area contributed by atoms with E-state index in [1.807, 2.05) is 106 Å². The zero-order chi connectivity index (χ0) is 27.8. The number of rotatable bonds is 11. The van der Waals surface area contributed by atoms with Gasteiger partial charge in [-0.2, -0.15) is 0 Å². The molecule has 0 heterocycles. The number of carboxylic acid groups (broad SMARTS) is 1. The number of carboxylic acids is 1. The van der Waals surface area contributed by atoms with Crippen molar-refractivity contribution in [3.8, 4) is 5.75 Å². The van der Waals surface area contributed by atoms with Crippen LogP contribution in [-0.2, 0) is 9.53 Å². The third-order valence-corrected chi connectivity index (χ3v) is 4.73. The Morgan fingerprint density at radius 2 is 1.47 bits per heavy atom. The summed E-state index contributed by atoms with van der Waals surface area (Å²) in [5.41, 5.74) is 7.80. The maximum absolute atomic E-state index is 12.8. The van der Waals surface area contributed by atoms with Crippen molar-refractivity contribution in [1.82, 2.24) is 0 Å². The van der Waals surface area contributed by atoms with Crippen LogP contribution in [0, 0.1) is 0 Å². The molecule has 0 atom stereocenters. The summed E-state index contributed by atoms with van der Waals surface area (Å²) >= 11 is 0. The minimum atomic E-state index is -1.01. The SMILES string of the molecule is CC(C)(C)N.O=C(O)COc1cccc(/C=C/CCCCOC(=O)N(c2ccccc2)c2ccccc2)c1. The number of nitrogens with two attached hydrogens (primary N) is 1. The lowest BCUT2D eigenvalue weighted by Gasteiger charge is -2.22. The molecule has 0 bridgehead atoms. The molecule has 38 heavy (non-hydrogen) atoms. The quantitative estimate of drug-likeness (QED) is 0.264. The van der Waals surface area contributed by atoms with E-state index in [-0.39, 0.29) is 12.1 Å². The Labute approximate surface area is 225 Å². The van der Waals surface area contributed by atoms with Gasteiger partial charge >= 0.3 is 12.1 Å². The lowest BCUT2D eigenvalue weighted by molar-refractivity contribution is -0.139. The zero-order valence-corrected chi connectivity index (χ0v) is 22.4. The van der Waals surface area contributed by atoms with Gasteiger partial charge in [-0.1, -0.05) is 60.7 Å². The fraction of sp³-hybridized carbons (Fsp3) is 0.290. The largest absolute Gasteiger partial charge is 0.482 e. The van der Waals surface area contributed by atoms with Crippen LogP contribution in [0.1, 0.15) is 45.6 Å². The Hall–Kier alpha value is -4.10. The number of benzene rings is 3. The van der Waals surface area contributed by atoms with Crippen molar-refractivity contribution in [3.63, 3.8) is 0 Å². The highest BCUT2D eigenvalue weighted by Crippen LogP contribution is 2.26. The number of carbonyl (C=O) groups excluding carboxylic acids is 1. The number of unbranched alkanes of at least 4 members (excludes halogenated alkanes) is 2. The summed E-state index contributed by atoms with van der Waals surface area (Å²) in [7, 11) is 0. The molecular weight excluding hydrogens is 480 g/mol. The molecule has 0 aliphatic carbocycles. The molecule has 0 radical (unpaired) electrons. The number of amides is 1. The fourth-order valence-electron chi connectivity index (χ4n) is 3.17. The van der Waals surface area contributed by atoms with Crippen molar-refractivity contribution in [3.05, 3.63) is 96.6 Å². The Morgan fingerprint density at radius 3 is 2.03 bits per heavy atom. The summed E-state index contributed by atoms with van der Waals surface area (Å²) in [6.45, 7) is 5.87. The van der Waals surface area contributed by atoms with Crippen LogP contribution >= 0.6 is 0 Å². The van der Waals surface area contributed by atoms with E-state index in [1.165, 1.54) is 0 Å². The molecule has 0 aliphatic heterocycles. The predicted molar refractivity (Wildman–Crippen MR) is 153 cm³/mol. The first-order chi connectivity index (χ1) is 18.1. The minimum Gasteiger partial charge on any atom is -0.482 e. The number of anilines is 2. The van der Waals surface area contributed by atoms with Gasteiger partial charge in [-0.25, -0.2) is 14.5 Å². The number of ether oxygens (including phenoxy) is 2. The summed E-state index contributed by atoms with van der Waals surface area (Å²) in [5.74, 6) is -0.486. The van der Waals surface area contributed by atoms with E-state index >= 15 is 0 Å². The molecule has 3 aromatic rings. The van der Waals surface area contributed by atoms with Gasteiger partial charge in [0.05, 0.1) is 18.0 Å². The van der Waals surface area contributed by atoms with Gasteiger partial charge in [0.15, 0.2) is 6.61 Å². The summed E-state index contributed by atoms with van der Waals surface area (Å²) in [5, 5.41) is 8.70. The average Bonchev–Trinajstić information content (AvgIpc) is 2.88. The second kappa shape index (κ2) is 15.9. The first-order valence-corrected chi connectivity index (χ1v) is 12.6. The number of aliphatic carboxylic acids is 1. The number of carbonyl (C=O) groups is 2. The van der Waals surface area contributed by atoms with Crippen LogP contribution in [-0.4, -0.2) is 35.9 Å². The highest BCUT2D eigenvalue weighted by Gasteiger charge is 2.18. The predicted octanol–water partition coefficient (Wildman–Crippen LogP) is 7.05. The summed E-state index contributed by atoms with van der Waals surface area (Å²) in [6, 6.07) is 26.1. The van der Waals surface area contributed by atoms with Crippen molar-refractivity contribution in [2.75, 3.05) is 18.1 Å². The highest BCUT2D eigenvalue weighted by atomic mass is 16.6. The second-order valence-electron chi connectivity index (χ2n) is 9.64. The molecule has 202 valence electrons. The van der Waals surface area contributed by atoms with Crippen LogP contribution in [0.25, 0.3) is 6.08 Å². The van der Waals surface area contributed by atoms with Crippen LogP contribution in [0.2, 0.25) is 0 Å². The van der Waals surface area contributed by atoms with Crippen LogP contribution in [0.4, 0.5) is 16.2 Å². The minimum absolute atomic E-state index is 0. The molecule has 0 unspecified atom stereocenters. The van der Waals surface area contributed by atoms with Crippen molar-refractivity contribution in [1.29, 1.82) is 0 Å². The monoisotopic (exact) mass is 518 g/mol. The maximum atomic E-state index is 12.8. The average molecular weight is 519 g/mol. The number of para-hydroxylation sites is 2. The standard InChI is InChI=1S/C27H27NO5.C4H11N/c29-26(30)21-33-25-18-11-13-22(20-25)12-5-1-2-10-19-32-27(31)28(23-14-6-3-7-15-23)24-16-8-4-9-17-24;1-4(2,3)5/h3-9,11-18,20H,1-2,10,19,21H2,(H,29,30);5H2,1-3H3/b12-5+;. The molecule has 1 amide bonds. The lowest BCUT2D eigenvalue weighted by Crippen LogP contribution is -2.27. The van der Waals surface area contributed by atoms with Gasteiger partial charge in [-0.15, -0.1) is 0 Å². The van der Waals surface area contributed by atoms with Crippen LogP contribution in [0.15, 0.2) is 91.0 Å². The molecule has 7 nitrogen and oxygen atoms in total. The number of hydrogen-bond donors (Lipinski definition) is 2. The van der Waals surface area contributed by atoms with Gasteiger partial charge in [0.25, 0.3) is 0 Å². The normalized spacial score (nSPS) is 10.8. The van der Waals surface area contributed by atoms with Crippen molar-refractivity contribution in [2.24, 2.45) is 5.73 Å². The summed E-state index contributed by atoms with van der Waals surface area (Å²) < 4.78 is 10.7. The fourth-order valence-corrected chi connectivity index (χ4v) is 3.17. The Balaban J connectivity index is 0.000000926. The molecule has 0 spiro atoms. The van der Waals surface area contributed by atoms with E-state index in [2.05, 4.69) is 0 Å². The molecule has 3 aromatic carbocycles. The number of nitrogens with zero attached hydrogens (tertiary/aromatic N) is 1. The molecular formula is C31H38N2O5. The topological polar surface area (TPSA) is 102 Å². The lowest BCUT2D eigenvalue weighted by atomic mass is 10.1. The zero-order valence-electron chi connectivity index (χ0n) is 22.4. The Morgan fingerprint density at radius 1 is 0.895 bits per heavy atom. The molecule has 3 rings (SSSR count). The van der Waals surface area contributed by atoms with Crippen LogP contribution < -0.4 is 15.4 Å². The van der Waals surface area contributed by atoms with Gasteiger partial charge < -0.3 is 20.3 Å². The second-order valence-corrected chi connectivity index (χ2v) is 9.64. The van der Waals surface area contributed by atoms with Gasteiger partial charge in [-0.05, 0) is 82.0 Å². The van der Waals surface area contributed by atoms with Crippen LogP contribution in [0.5, 0.6) is 5.75 Å². The van der Waals surface area contributed by atoms with Gasteiger partial charge in [0, 0.05) is 5.54 Å². The smallest absolute Gasteiger partial charge is 0.418 e. The van der Waals surface area contributed by atoms with Crippen molar-refractivity contribution in [2.45, 2.75) is 45.6 Å². The Bertz CT molecular complexity index is 1100. The third-order valence-electron chi connectivity index (χ3n) is 4.73. The molecule has 0 saturated carbocycles. The molecule has 0 aromatic heterocycles. The van der Waals surface area contributed by atoms with E-state index in [1.54, 1.807) is 17.0 Å². The highest BCUT2D eigenvalue weighted by molar-refractivity contribution is 5.95. The van der Waals surface area contributed by atoms with E-state index in [4.69, 9.17) is 20.3 Å². The van der Waals surface area contributed by atoms with E-state index < -0.39 is 12.1 Å². The van der Waals surface area contributed by atoms with Crippen molar-refractivity contribution >= 4 is 29.5 Å². The van der Waals surface area contributed by atoms with Gasteiger partial charge in [-0.3, -0.25) is 0 Å². The van der Waals surface area contributed by atoms with Gasteiger partial charge in [0.2, 0.25) is 0 Å². The van der Waals surface area contributed by atoms with E-state index in [0.717, 1.165) is 36.2 Å². The molecule has 3 N–H and O–H groups in total. The van der Waals surface area contributed by atoms with E-state index in [0.29, 0.717) is 12.4 Å². The number of hydrogen-bond acceptors (Lipinski definition) is 5. The molecule has 0 saturated heterocycles. The maximum Gasteiger partial charge on any atom is 0.418 e. The molecule has 0 fully saturated rings. The number of allylic oxidation sites excluding steroid dienone is 1. The first-order valence-electron chi connectivity index (χ1n) is 12.6. The summed E-state index contributed by atoms with van der Waals surface area (Å²) in [4.78, 5) is 25.0. The molecule has 7 heteroatoms. The van der Waals surface area contributed by atoms with Gasteiger partial charge in [0.1, 0.15) is 5.75 Å². The van der Waals surface area contributed by atoms with Crippen LogP contribution in [0.3, 0.4) is 0 Å². The summed E-state index contributed by atoms with van der Waals surface area (Å²) in [6.07, 6.45) is 6.05.